The Bertz CT molecular complexity index is 653. The van der Waals surface area contributed by atoms with Crippen molar-refractivity contribution in [2.45, 2.75) is 20.4 Å². The van der Waals surface area contributed by atoms with Crippen LogP contribution in [0.3, 0.4) is 0 Å². The number of rotatable bonds is 4. The highest BCUT2D eigenvalue weighted by Crippen LogP contribution is 2.41. The molecule has 1 heterocycles. The standard InChI is InChI=1S/C17H19NO3.ClH/c1-11-4-12(2)6-14(5-11)18-9-13-7-15(19-3)17-16(8-13)20-10-21-17;/h4-8,18H,9-10H2,1-3H3;1H. The first kappa shape index (κ1) is 16.3. The van der Waals surface area contributed by atoms with Gasteiger partial charge in [0.25, 0.3) is 0 Å². The Balaban J connectivity index is 0.00000176. The lowest BCUT2D eigenvalue weighted by Gasteiger charge is -2.11. The number of hydrogen-bond acceptors (Lipinski definition) is 4. The molecule has 0 aliphatic carbocycles. The van der Waals surface area contributed by atoms with Gasteiger partial charge >= 0.3 is 0 Å². The van der Waals surface area contributed by atoms with Gasteiger partial charge in [-0.05, 0) is 54.8 Å². The summed E-state index contributed by atoms with van der Waals surface area (Å²) in [4.78, 5) is 0. The van der Waals surface area contributed by atoms with Crippen LogP contribution in [0.2, 0.25) is 0 Å². The molecule has 0 saturated carbocycles. The van der Waals surface area contributed by atoms with Crippen LogP contribution < -0.4 is 19.5 Å². The number of hydrogen-bond donors (Lipinski definition) is 1. The molecule has 3 rings (SSSR count). The first-order valence-corrected chi connectivity index (χ1v) is 6.94. The second-order valence-corrected chi connectivity index (χ2v) is 5.26. The van der Waals surface area contributed by atoms with Crippen molar-refractivity contribution >= 4 is 18.1 Å². The van der Waals surface area contributed by atoms with Crippen molar-refractivity contribution in [3.8, 4) is 17.2 Å². The van der Waals surface area contributed by atoms with E-state index in [1.54, 1.807) is 7.11 Å². The lowest BCUT2D eigenvalue weighted by Crippen LogP contribution is -2.00. The van der Waals surface area contributed by atoms with E-state index in [0.717, 1.165) is 17.0 Å². The van der Waals surface area contributed by atoms with Crippen molar-refractivity contribution in [1.29, 1.82) is 0 Å². The van der Waals surface area contributed by atoms with Gasteiger partial charge in [-0.15, -0.1) is 12.4 Å². The molecule has 5 heteroatoms. The first-order valence-electron chi connectivity index (χ1n) is 6.94. The molecular formula is C17H20ClNO3. The molecule has 1 aliphatic heterocycles. The van der Waals surface area contributed by atoms with E-state index in [-0.39, 0.29) is 19.2 Å². The molecule has 0 spiro atoms. The zero-order valence-corrected chi connectivity index (χ0v) is 13.8. The topological polar surface area (TPSA) is 39.7 Å². The molecule has 2 aromatic rings. The fourth-order valence-electron chi connectivity index (χ4n) is 2.57. The van der Waals surface area contributed by atoms with Crippen LogP contribution in [-0.4, -0.2) is 13.9 Å². The molecule has 4 nitrogen and oxygen atoms in total. The number of benzene rings is 2. The van der Waals surface area contributed by atoms with E-state index in [1.807, 2.05) is 12.1 Å². The zero-order valence-electron chi connectivity index (χ0n) is 12.9. The van der Waals surface area contributed by atoms with Gasteiger partial charge in [0.15, 0.2) is 11.5 Å². The van der Waals surface area contributed by atoms with Gasteiger partial charge in [0, 0.05) is 12.2 Å². The predicted molar refractivity (Wildman–Crippen MR) is 89.6 cm³/mol. The number of aryl methyl sites for hydroxylation is 2. The van der Waals surface area contributed by atoms with Crippen LogP contribution in [0.5, 0.6) is 17.2 Å². The number of fused-ring (bicyclic) bond motifs is 1. The minimum atomic E-state index is 0. The summed E-state index contributed by atoms with van der Waals surface area (Å²) in [5, 5.41) is 3.43. The number of ether oxygens (including phenoxy) is 3. The van der Waals surface area contributed by atoms with Crippen molar-refractivity contribution in [2.24, 2.45) is 0 Å². The second-order valence-electron chi connectivity index (χ2n) is 5.26. The van der Waals surface area contributed by atoms with Gasteiger partial charge in [-0.1, -0.05) is 6.07 Å². The van der Waals surface area contributed by atoms with Crippen LogP contribution >= 0.6 is 12.4 Å². The first-order chi connectivity index (χ1) is 10.2. The highest BCUT2D eigenvalue weighted by Gasteiger charge is 2.19. The number of halogens is 1. The lowest BCUT2D eigenvalue weighted by atomic mass is 10.1. The SMILES string of the molecule is COc1cc(CNc2cc(C)cc(C)c2)cc2c1OCO2.Cl. The smallest absolute Gasteiger partial charge is 0.231 e. The zero-order chi connectivity index (χ0) is 14.8. The van der Waals surface area contributed by atoms with Crippen LogP contribution in [0.15, 0.2) is 30.3 Å². The maximum Gasteiger partial charge on any atom is 0.231 e. The predicted octanol–water partition coefficient (Wildman–Crippen LogP) is 4.07. The quantitative estimate of drug-likeness (QED) is 0.921. The van der Waals surface area contributed by atoms with Crippen molar-refractivity contribution < 1.29 is 14.2 Å². The van der Waals surface area contributed by atoms with Crippen molar-refractivity contribution in [2.75, 3.05) is 19.2 Å². The minimum absolute atomic E-state index is 0. The normalized spacial score (nSPS) is 11.8. The molecule has 0 fully saturated rings. The fourth-order valence-corrected chi connectivity index (χ4v) is 2.57. The van der Waals surface area contributed by atoms with E-state index in [4.69, 9.17) is 14.2 Å². The average Bonchev–Trinajstić information content (AvgIpc) is 2.91. The molecule has 0 amide bonds. The van der Waals surface area contributed by atoms with Gasteiger partial charge in [-0.3, -0.25) is 0 Å². The number of nitrogens with one attached hydrogen (secondary N) is 1. The van der Waals surface area contributed by atoms with E-state index in [9.17, 15) is 0 Å². The number of methoxy groups -OCH3 is 1. The summed E-state index contributed by atoms with van der Waals surface area (Å²) < 4.78 is 16.2. The third kappa shape index (κ3) is 3.39. The molecule has 0 saturated heterocycles. The van der Waals surface area contributed by atoms with Crippen LogP contribution in [-0.2, 0) is 6.54 Å². The molecule has 0 atom stereocenters. The molecule has 0 radical (unpaired) electrons. The van der Waals surface area contributed by atoms with Gasteiger partial charge in [-0.2, -0.15) is 0 Å². The molecule has 1 N–H and O–H groups in total. The maximum atomic E-state index is 5.44. The van der Waals surface area contributed by atoms with Crippen molar-refractivity contribution in [3.63, 3.8) is 0 Å². The Morgan fingerprint density at radius 2 is 1.77 bits per heavy atom. The third-order valence-corrected chi connectivity index (χ3v) is 3.44. The Hall–Kier alpha value is -2.07. The van der Waals surface area contributed by atoms with Crippen LogP contribution in [0.25, 0.3) is 0 Å². The van der Waals surface area contributed by atoms with Crippen molar-refractivity contribution in [1.82, 2.24) is 0 Å². The highest BCUT2D eigenvalue weighted by atomic mass is 35.5. The summed E-state index contributed by atoms with van der Waals surface area (Å²) in [5.41, 5.74) is 4.71. The summed E-state index contributed by atoms with van der Waals surface area (Å²) in [7, 11) is 1.64. The van der Waals surface area contributed by atoms with Gasteiger partial charge < -0.3 is 19.5 Å². The molecule has 0 bridgehead atoms. The van der Waals surface area contributed by atoms with Gasteiger partial charge in [-0.25, -0.2) is 0 Å². The molecule has 1 aliphatic rings. The molecule has 0 unspecified atom stereocenters. The lowest BCUT2D eigenvalue weighted by molar-refractivity contribution is 0.171. The summed E-state index contributed by atoms with van der Waals surface area (Å²) in [6, 6.07) is 10.4. The van der Waals surface area contributed by atoms with Crippen LogP contribution in [0, 0.1) is 13.8 Å². The second kappa shape index (κ2) is 6.79. The van der Waals surface area contributed by atoms with E-state index in [2.05, 4.69) is 37.4 Å². The Kier molecular flexibility index (Phi) is 5.03. The Morgan fingerprint density at radius 1 is 1.05 bits per heavy atom. The maximum absolute atomic E-state index is 5.44. The van der Waals surface area contributed by atoms with E-state index < -0.39 is 0 Å². The summed E-state index contributed by atoms with van der Waals surface area (Å²) in [5.74, 6) is 2.14. The van der Waals surface area contributed by atoms with Gasteiger partial charge in [0.1, 0.15) is 0 Å². The Labute approximate surface area is 136 Å². The third-order valence-electron chi connectivity index (χ3n) is 3.44. The van der Waals surface area contributed by atoms with Crippen molar-refractivity contribution in [3.05, 3.63) is 47.0 Å². The largest absolute Gasteiger partial charge is 0.493 e. The fraction of sp³-hybridized carbons (Fsp3) is 0.294. The Morgan fingerprint density at radius 3 is 2.45 bits per heavy atom. The molecule has 22 heavy (non-hydrogen) atoms. The molecule has 118 valence electrons. The summed E-state index contributed by atoms with van der Waals surface area (Å²) >= 11 is 0. The van der Waals surface area contributed by atoms with Crippen LogP contribution in [0.1, 0.15) is 16.7 Å². The van der Waals surface area contributed by atoms with Gasteiger partial charge in [0.05, 0.1) is 7.11 Å². The van der Waals surface area contributed by atoms with E-state index in [0.29, 0.717) is 18.0 Å². The van der Waals surface area contributed by atoms with Crippen LogP contribution in [0.4, 0.5) is 5.69 Å². The average molecular weight is 322 g/mol. The molecule has 2 aromatic carbocycles. The minimum Gasteiger partial charge on any atom is -0.493 e. The monoisotopic (exact) mass is 321 g/mol. The summed E-state index contributed by atoms with van der Waals surface area (Å²) in [6.07, 6.45) is 0. The molecule has 0 aromatic heterocycles. The summed E-state index contributed by atoms with van der Waals surface area (Å²) in [6.45, 7) is 5.15. The highest BCUT2D eigenvalue weighted by molar-refractivity contribution is 5.85. The van der Waals surface area contributed by atoms with E-state index in [1.165, 1.54) is 11.1 Å². The van der Waals surface area contributed by atoms with Gasteiger partial charge in [0.2, 0.25) is 12.5 Å². The molecular weight excluding hydrogens is 302 g/mol. The number of anilines is 1. The van der Waals surface area contributed by atoms with E-state index >= 15 is 0 Å².